The molecule has 1 aromatic carbocycles. The van der Waals surface area contributed by atoms with Crippen LogP contribution in [0.15, 0.2) is 30.3 Å². The van der Waals surface area contributed by atoms with Gasteiger partial charge in [-0.3, -0.25) is 4.79 Å². The molecule has 0 fully saturated rings. The number of aromatic nitrogens is 2. The summed E-state index contributed by atoms with van der Waals surface area (Å²) >= 11 is 1.21. The van der Waals surface area contributed by atoms with E-state index in [1.165, 1.54) is 22.1 Å². The van der Waals surface area contributed by atoms with Crippen molar-refractivity contribution in [2.75, 3.05) is 0 Å². The molecule has 0 unspecified atom stereocenters. The van der Waals surface area contributed by atoms with E-state index < -0.39 is 11.7 Å². The third kappa shape index (κ3) is 3.60. The summed E-state index contributed by atoms with van der Waals surface area (Å²) in [6.07, 6.45) is -4.43. The standard InChI is InChI=1S/C18H18F3N3OS/c1-10-13-9-14(15(25)22-17(2,3)4)26-16(13)24(23-10)12-7-5-6-11(8-12)18(19,20)21/h5-9H,1-4H3,(H,22,25). The second-order valence-electron chi connectivity index (χ2n) is 7.08. The van der Waals surface area contributed by atoms with Crippen LogP contribution in [-0.4, -0.2) is 21.2 Å². The Bertz CT molecular complexity index is 980. The van der Waals surface area contributed by atoms with Gasteiger partial charge in [-0.15, -0.1) is 11.3 Å². The molecule has 0 saturated carbocycles. The molecule has 1 N–H and O–H groups in total. The summed E-state index contributed by atoms with van der Waals surface area (Å²) in [5.74, 6) is -0.214. The lowest BCUT2D eigenvalue weighted by atomic mass is 10.1. The Labute approximate surface area is 152 Å². The number of thiophene rings is 1. The van der Waals surface area contributed by atoms with Crippen LogP contribution in [0.4, 0.5) is 13.2 Å². The number of hydrogen-bond donors (Lipinski definition) is 1. The predicted molar refractivity (Wildman–Crippen MR) is 95.9 cm³/mol. The lowest BCUT2D eigenvalue weighted by Crippen LogP contribution is -2.40. The molecule has 1 amide bonds. The average Bonchev–Trinajstić information content (AvgIpc) is 3.06. The molecule has 0 radical (unpaired) electrons. The molecule has 26 heavy (non-hydrogen) atoms. The van der Waals surface area contributed by atoms with Crippen LogP contribution in [0.1, 0.15) is 41.7 Å². The highest BCUT2D eigenvalue weighted by Crippen LogP contribution is 2.33. The zero-order valence-corrected chi connectivity index (χ0v) is 15.5. The molecule has 0 spiro atoms. The number of halogens is 3. The van der Waals surface area contributed by atoms with Crippen molar-refractivity contribution < 1.29 is 18.0 Å². The second kappa shape index (κ2) is 6.12. The van der Waals surface area contributed by atoms with Gasteiger partial charge >= 0.3 is 6.18 Å². The van der Waals surface area contributed by atoms with Gasteiger partial charge in [0, 0.05) is 10.9 Å². The van der Waals surface area contributed by atoms with E-state index in [4.69, 9.17) is 0 Å². The lowest BCUT2D eigenvalue weighted by Gasteiger charge is -2.19. The van der Waals surface area contributed by atoms with Crippen molar-refractivity contribution in [3.05, 3.63) is 46.5 Å². The number of hydrogen-bond acceptors (Lipinski definition) is 3. The highest BCUT2D eigenvalue weighted by atomic mass is 32.1. The van der Waals surface area contributed by atoms with Crippen molar-refractivity contribution >= 4 is 27.5 Å². The van der Waals surface area contributed by atoms with Gasteiger partial charge in [-0.25, -0.2) is 4.68 Å². The second-order valence-corrected chi connectivity index (χ2v) is 8.11. The van der Waals surface area contributed by atoms with E-state index in [9.17, 15) is 18.0 Å². The number of rotatable bonds is 2. The van der Waals surface area contributed by atoms with Crippen LogP contribution in [0.25, 0.3) is 15.9 Å². The Morgan fingerprint density at radius 3 is 2.50 bits per heavy atom. The van der Waals surface area contributed by atoms with Crippen LogP contribution < -0.4 is 5.32 Å². The van der Waals surface area contributed by atoms with Crippen LogP contribution in [-0.2, 0) is 6.18 Å². The molecular weight excluding hydrogens is 363 g/mol. The molecule has 8 heteroatoms. The Hall–Kier alpha value is -2.35. The van der Waals surface area contributed by atoms with Gasteiger partial charge in [-0.05, 0) is 52.0 Å². The molecule has 2 aromatic heterocycles. The fourth-order valence-electron chi connectivity index (χ4n) is 2.55. The van der Waals surface area contributed by atoms with E-state index in [1.54, 1.807) is 19.1 Å². The van der Waals surface area contributed by atoms with Crippen molar-refractivity contribution in [2.45, 2.75) is 39.4 Å². The third-order valence-electron chi connectivity index (χ3n) is 3.68. The Morgan fingerprint density at radius 1 is 1.19 bits per heavy atom. The number of benzene rings is 1. The molecule has 3 aromatic rings. The summed E-state index contributed by atoms with van der Waals surface area (Å²) in [5, 5.41) is 7.99. The third-order valence-corrected chi connectivity index (χ3v) is 4.78. The van der Waals surface area contributed by atoms with Crippen LogP contribution in [0.2, 0.25) is 0 Å². The smallest absolute Gasteiger partial charge is 0.347 e. The molecule has 138 valence electrons. The van der Waals surface area contributed by atoms with Gasteiger partial charge in [0.05, 0.1) is 21.8 Å². The molecule has 4 nitrogen and oxygen atoms in total. The summed E-state index contributed by atoms with van der Waals surface area (Å²) in [4.78, 5) is 13.5. The Kier molecular flexibility index (Phi) is 4.34. The minimum Gasteiger partial charge on any atom is -0.347 e. The number of carbonyl (C=O) groups is 1. The number of alkyl halides is 3. The van der Waals surface area contributed by atoms with Crippen molar-refractivity contribution in [1.82, 2.24) is 15.1 Å². The first-order chi connectivity index (χ1) is 12.0. The summed E-state index contributed by atoms with van der Waals surface area (Å²) < 4.78 is 40.4. The van der Waals surface area contributed by atoms with Crippen molar-refractivity contribution in [2.24, 2.45) is 0 Å². The molecule has 0 saturated heterocycles. The molecule has 0 bridgehead atoms. The largest absolute Gasteiger partial charge is 0.416 e. The summed E-state index contributed by atoms with van der Waals surface area (Å²) in [7, 11) is 0. The van der Waals surface area contributed by atoms with Gasteiger partial charge in [-0.2, -0.15) is 18.3 Å². The van der Waals surface area contributed by atoms with E-state index >= 15 is 0 Å². The first kappa shape index (κ1) is 18.4. The van der Waals surface area contributed by atoms with Gasteiger partial charge in [-0.1, -0.05) is 6.07 Å². The van der Waals surface area contributed by atoms with Crippen LogP contribution in [0.5, 0.6) is 0 Å². The lowest BCUT2D eigenvalue weighted by molar-refractivity contribution is -0.137. The first-order valence-corrected chi connectivity index (χ1v) is 8.77. The van der Waals surface area contributed by atoms with E-state index in [0.717, 1.165) is 17.5 Å². The highest BCUT2D eigenvalue weighted by Gasteiger charge is 2.31. The number of fused-ring (bicyclic) bond motifs is 1. The van der Waals surface area contributed by atoms with Gasteiger partial charge in [0.2, 0.25) is 0 Å². The van der Waals surface area contributed by atoms with E-state index in [2.05, 4.69) is 10.4 Å². The number of nitrogens with zero attached hydrogens (tertiary/aromatic N) is 2. The summed E-state index contributed by atoms with van der Waals surface area (Å²) in [6.45, 7) is 7.42. The highest BCUT2D eigenvalue weighted by molar-refractivity contribution is 7.20. The van der Waals surface area contributed by atoms with Gasteiger partial charge in [0.25, 0.3) is 5.91 Å². The molecule has 0 aliphatic heterocycles. The molecule has 0 aliphatic carbocycles. The maximum Gasteiger partial charge on any atom is 0.416 e. The average molecular weight is 381 g/mol. The minimum absolute atomic E-state index is 0.214. The van der Waals surface area contributed by atoms with E-state index in [-0.39, 0.29) is 11.4 Å². The Balaban J connectivity index is 2.07. The molecule has 0 atom stereocenters. The normalized spacial score (nSPS) is 12.6. The monoisotopic (exact) mass is 381 g/mol. The molecular formula is C18H18F3N3OS. The zero-order chi connectivity index (χ0) is 19.3. The number of nitrogens with one attached hydrogen (secondary N) is 1. The Morgan fingerprint density at radius 2 is 1.88 bits per heavy atom. The number of aryl methyl sites for hydroxylation is 1. The van der Waals surface area contributed by atoms with Crippen LogP contribution in [0.3, 0.4) is 0 Å². The fraction of sp³-hybridized carbons (Fsp3) is 0.333. The zero-order valence-electron chi connectivity index (χ0n) is 14.7. The van der Waals surface area contributed by atoms with E-state index in [1.807, 2.05) is 20.8 Å². The van der Waals surface area contributed by atoms with Crippen molar-refractivity contribution in [1.29, 1.82) is 0 Å². The topological polar surface area (TPSA) is 46.9 Å². The van der Waals surface area contributed by atoms with Crippen LogP contribution in [0, 0.1) is 6.92 Å². The number of amides is 1. The molecule has 2 heterocycles. The quantitative estimate of drug-likeness (QED) is 0.683. The van der Waals surface area contributed by atoms with Gasteiger partial charge < -0.3 is 5.32 Å². The maximum atomic E-state index is 13.0. The van der Waals surface area contributed by atoms with Crippen LogP contribution >= 0.6 is 11.3 Å². The maximum absolute atomic E-state index is 13.0. The summed E-state index contributed by atoms with van der Waals surface area (Å²) in [6, 6.07) is 6.72. The molecule has 3 rings (SSSR count). The van der Waals surface area contributed by atoms with Gasteiger partial charge in [0.1, 0.15) is 4.83 Å². The fourth-order valence-corrected chi connectivity index (χ4v) is 3.63. The summed E-state index contributed by atoms with van der Waals surface area (Å²) in [5.41, 5.74) is -0.153. The molecule has 0 aliphatic rings. The van der Waals surface area contributed by atoms with Crippen molar-refractivity contribution in [3.63, 3.8) is 0 Å². The van der Waals surface area contributed by atoms with Gasteiger partial charge in [0.15, 0.2) is 0 Å². The minimum atomic E-state index is -4.43. The first-order valence-electron chi connectivity index (χ1n) is 7.95. The SMILES string of the molecule is Cc1nn(-c2cccc(C(F)(F)F)c2)c2sc(C(=O)NC(C)(C)C)cc12. The van der Waals surface area contributed by atoms with Crippen molar-refractivity contribution in [3.8, 4) is 5.69 Å². The number of carbonyl (C=O) groups excluding carboxylic acids is 1. The predicted octanol–water partition coefficient (Wildman–Crippen LogP) is 4.94. The van der Waals surface area contributed by atoms with E-state index in [0.29, 0.717) is 21.1 Å².